The molecule has 0 radical (unpaired) electrons. The van der Waals surface area contributed by atoms with E-state index in [4.69, 9.17) is 18.9 Å². The lowest BCUT2D eigenvalue weighted by atomic mass is 10.00. The molecule has 14 heteroatoms. The molecule has 0 aromatic heterocycles. The van der Waals surface area contributed by atoms with Crippen LogP contribution < -0.4 is 0 Å². The zero-order valence-electron chi connectivity index (χ0n) is 46.2. The third-order valence-corrected chi connectivity index (χ3v) is 11.9. The van der Waals surface area contributed by atoms with E-state index in [0.29, 0.717) is 12.8 Å². The van der Waals surface area contributed by atoms with Crippen molar-refractivity contribution in [1.29, 1.82) is 0 Å². The van der Waals surface area contributed by atoms with Crippen LogP contribution in [0.4, 0.5) is 0 Å². The molecule has 0 saturated carbocycles. The topological polar surface area (TPSA) is 152 Å². The Hall–Kier alpha value is -4.82. The van der Waals surface area contributed by atoms with Crippen LogP contribution in [-0.4, -0.2) is 145 Å². The van der Waals surface area contributed by atoms with Crippen LogP contribution in [0, 0.1) is 23.7 Å². The maximum atomic E-state index is 14.6. The second-order valence-electron chi connectivity index (χ2n) is 20.1. The van der Waals surface area contributed by atoms with Crippen LogP contribution in [0.1, 0.15) is 134 Å². The van der Waals surface area contributed by atoms with E-state index in [2.05, 4.69) is 0 Å². The number of ether oxygens (including phenoxy) is 4. The number of rotatable bonds is 12. The molecule has 2 amide bonds. The van der Waals surface area contributed by atoms with E-state index in [1.165, 1.54) is 23.9 Å². The Morgan fingerprint density at radius 2 is 0.686 bits per heavy atom. The molecule has 1 heterocycles. The molecule has 0 spiro atoms. The van der Waals surface area contributed by atoms with Crippen LogP contribution in [-0.2, 0) is 60.6 Å². The van der Waals surface area contributed by atoms with E-state index in [1.807, 2.05) is 144 Å². The van der Waals surface area contributed by atoms with Crippen molar-refractivity contribution in [2.45, 2.75) is 184 Å². The van der Waals surface area contributed by atoms with Crippen LogP contribution >= 0.6 is 0 Å². The van der Waals surface area contributed by atoms with E-state index >= 15 is 0 Å². The van der Waals surface area contributed by atoms with Crippen molar-refractivity contribution in [3.8, 4) is 0 Å². The number of benzene rings is 2. The van der Waals surface area contributed by atoms with Gasteiger partial charge in [0, 0.05) is 40.0 Å². The Kier molecular flexibility index (Phi) is 29.1. The fraction of sp³-hybridized carbons (Fsp3) is 0.679. The minimum atomic E-state index is -1.28. The molecule has 0 unspecified atom stereocenters. The molecule has 1 saturated heterocycles. The summed E-state index contributed by atoms with van der Waals surface area (Å²) < 4.78 is 24.6. The molecule has 0 bridgehead atoms. The van der Waals surface area contributed by atoms with Gasteiger partial charge in [-0.2, -0.15) is 0 Å². The molecule has 1 aliphatic heterocycles. The first kappa shape index (κ1) is 63.2. The number of amides is 2. The Morgan fingerprint density at radius 3 is 0.957 bits per heavy atom. The van der Waals surface area contributed by atoms with E-state index < -0.39 is 84.3 Å². The predicted octanol–water partition coefficient (Wildman–Crippen LogP) is 8.66. The SMILES string of the molecule is CC.CC.CC(C)C[C@H]1C(=O)O[C@H](Cc2ccccc2)C(=O)N(C)[C@@H](CC(C)C)C(=O)O[C@H](C)CN(C)[C@@H](CC(C)C)C(=O)O[C@H](Cc2ccccc2)C(=O)N(C)[C@@H](CC(C)C)C(=O)O[C@H](C)CN1C. The highest BCUT2D eigenvalue weighted by atomic mass is 16.6. The van der Waals surface area contributed by atoms with Gasteiger partial charge in [0.05, 0.1) is 0 Å². The average molecular weight is 981 g/mol. The Morgan fingerprint density at radius 1 is 0.429 bits per heavy atom. The summed E-state index contributed by atoms with van der Waals surface area (Å²) in [6.45, 7) is 27.4. The van der Waals surface area contributed by atoms with E-state index in [0.717, 1.165) is 11.1 Å². The second kappa shape index (κ2) is 32.2. The first-order valence-corrected chi connectivity index (χ1v) is 25.8. The van der Waals surface area contributed by atoms with Crippen molar-refractivity contribution in [2.24, 2.45) is 23.7 Å². The van der Waals surface area contributed by atoms with Crippen LogP contribution in [0.25, 0.3) is 0 Å². The summed E-state index contributed by atoms with van der Waals surface area (Å²) in [5, 5.41) is 0. The van der Waals surface area contributed by atoms with Gasteiger partial charge >= 0.3 is 23.9 Å². The van der Waals surface area contributed by atoms with Crippen molar-refractivity contribution in [3.05, 3.63) is 71.8 Å². The maximum Gasteiger partial charge on any atom is 0.329 e. The van der Waals surface area contributed by atoms with Crippen LogP contribution in [0.5, 0.6) is 0 Å². The Balaban J connectivity index is 0.00000596. The molecule has 396 valence electrons. The molecule has 2 aromatic rings. The number of hydrogen-bond donors (Lipinski definition) is 0. The molecular formula is C56H92N4O10. The highest BCUT2D eigenvalue weighted by molar-refractivity contribution is 5.90. The van der Waals surface area contributed by atoms with Crippen molar-refractivity contribution < 1.29 is 47.7 Å². The number of hydrogen-bond acceptors (Lipinski definition) is 12. The summed E-state index contributed by atoms with van der Waals surface area (Å²) >= 11 is 0. The van der Waals surface area contributed by atoms with Gasteiger partial charge in [-0.05, 0) is 88.4 Å². The molecule has 1 aliphatic rings. The van der Waals surface area contributed by atoms with E-state index in [-0.39, 0.29) is 62.4 Å². The lowest BCUT2D eigenvalue weighted by Crippen LogP contribution is -2.53. The maximum absolute atomic E-state index is 14.6. The van der Waals surface area contributed by atoms with Crippen LogP contribution in [0.3, 0.4) is 0 Å². The molecule has 14 nitrogen and oxygen atoms in total. The zero-order chi connectivity index (χ0) is 53.4. The third-order valence-electron chi connectivity index (χ3n) is 11.9. The molecule has 3 rings (SSSR count). The number of carbonyl (C=O) groups excluding carboxylic acids is 6. The lowest BCUT2D eigenvalue weighted by molar-refractivity contribution is -0.171. The fourth-order valence-corrected chi connectivity index (χ4v) is 8.43. The summed E-state index contributed by atoms with van der Waals surface area (Å²) in [6.07, 6.45) is -2.61. The fourth-order valence-electron chi connectivity index (χ4n) is 8.43. The Bertz CT molecular complexity index is 1730. The van der Waals surface area contributed by atoms with Crippen molar-refractivity contribution in [1.82, 2.24) is 19.6 Å². The van der Waals surface area contributed by atoms with Crippen LogP contribution in [0.15, 0.2) is 60.7 Å². The highest BCUT2D eigenvalue weighted by Gasteiger charge is 2.40. The summed E-state index contributed by atoms with van der Waals surface area (Å²) in [6, 6.07) is 14.8. The normalized spacial score (nSPS) is 24.8. The van der Waals surface area contributed by atoms with E-state index in [1.54, 1.807) is 37.7 Å². The summed E-state index contributed by atoms with van der Waals surface area (Å²) in [4.78, 5) is 92.7. The van der Waals surface area contributed by atoms with Gasteiger partial charge < -0.3 is 28.7 Å². The van der Waals surface area contributed by atoms with Crippen LogP contribution in [0.2, 0.25) is 0 Å². The smallest absolute Gasteiger partial charge is 0.329 e. The lowest BCUT2D eigenvalue weighted by Gasteiger charge is -2.35. The molecule has 0 N–H and O–H groups in total. The first-order chi connectivity index (χ1) is 33.0. The predicted molar refractivity (Wildman–Crippen MR) is 278 cm³/mol. The number of esters is 4. The summed E-state index contributed by atoms with van der Waals surface area (Å²) in [5.41, 5.74) is 1.53. The van der Waals surface area contributed by atoms with Gasteiger partial charge in [0.2, 0.25) is 0 Å². The van der Waals surface area contributed by atoms with E-state index in [9.17, 15) is 28.8 Å². The summed E-state index contributed by atoms with van der Waals surface area (Å²) in [5.74, 6) is -3.57. The molecule has 1 fully saturated rings. The number of cyclic esters (lactones) is 4. The minimum Gasteiger partial charge on any atom is -0.460 e. The van der Waals surface area contributed by atoms with Gasteiger partial charge in [0.25, 0.3) is 11.8 Å². The largest absolute Gasteiger partial charge is 0.460 e. The van der Waals surface area contributed by atoms with Crippen molar-refractivity contribution in [3.63, 3.8) is 0 Å². The third kappa shape index (κ3) is 21.3. The van der Waals surface area contributed by atoms with Gasteiger partial charge in [-0.1, -0.05) is 144 Å². The van der Waals surface area contributed by atoms with Gasteiger partial charge in [0.15, 0.2) is 12.2 Å². The summed E-state index contributed by atoms with van der Waals surface area (Å²) in [7, 11) is 6.55. The number of likely N-dealkylation sites (N-methyl/N-ethyl adjacent to an activating group) is 4. The van der Waals surface area contributed by atoms with Gasteiger partial charge in [0.1, 0.15) is 36.4 Å². The minimum absolute atomic E-state index is 0.0191. The van der Waals surface area contributed by atoms with Crippen molar-refractivity contribution >= 4 is 35.7 Å². The standard InChI is InChI=1S/C52H80N4O10.2C2H6/c1-33(2)25-41-49(59)65-45(29-39-21-17-15-18-22-39)47(57)55(13)44(28-36(7)8)52(62)64-38(10)32-54(12)42(26-34(3)4)50(60)66-46(30-40-23-19-16-20-24-40)48(58)56(14)43(27-35(5)6)51(61)63-37(9)31-53(41)11;2*1-2/h15-24,33-38,41-46H,25-32H2,1-14H3;2*1-2H3/t37-,38-,41+,42+,43+,44+,45-,46-;;/m1../s1. The monoisotopic (exact) mass is 981 g/mol. The van der Waals surface area contributed by atoms with Crippen molar-refractivity contribution in [2.75, 3.05) is 41.3 Å². The zero-order valence-corrected chi connectivity index (χ0v) is 46.2. The highest BCUT2D eigenvalue weighted by Crippen LogP contribution is 2.23. The number of carbonyl (C=O) groups is 6. The van der Waals surface area contributed by atoms with Gasteiger partial charge in [-0.3, -0.25) is 29.0 Å². The molecule has 2 aromatic carbocycles. The molecule has 8 atom stereocenters. The average Bonchev–Trinajstić information content (AvgIpc) is 3.30. The molecule has 0 aliphatic carbocycles. The quantitative estimate of drug-likeness (QED) is 0.148. The van der Waals surface area contributed by atoms with Gasteiger partial charge in [-0.25, -0.2) is 9.59 Å². The molecule has 70 heavy (non-hydrogen) atoms. The molecular weight excluding hydrogens is 889 g/mol. The van der Waals surface area contributed by atoms with Gasteiger partial charge in [-0.15, -0.1) is 0 Å². The Labute approximate surface area is 422 Å². The second-order valence-corrected chi connectivity index (χ2v) is 20.1. The number of nitrogens with zero attached hydrogens (tertiary/aromatic N) is 4. The first-order valence-electron chi connectivity index (χ1n) is 25.8.